The molecule has 102 valence electrons. The maximum atomic E-state index is 5.68. The van der Waals surface area contributed by atoms with E-state index in [1.54, 1.807) is 0 Å². The minimum atomic E-state index is 0.159. The molecule has 1 aliphatic rings. The third kappa shape index (κ3) is 3.10. The molecule has 5 heteroatoms. The zero-order valence-electron chi connectivity index (χ0n) is 11.4. The number of hydrogen-bond donors (Lipinski definition) is 2. The first-order chi connectivity index (χ1) is 8.74. The number of hydrogen-bond acceptors (Lipinski definition) is 4. The largest absolute Gasteiger partial charge is 0.378 e. The molecule has 2 heterocycles. The summed E-state index contributed by atoms with van der Waals surface area (Å²) >= 11 is 0. The van der Waals surface area contributed by atoms with Gasteiger partial charge in [-0.15, -0.1) is 0 Å². The number of nitrogens with zero attached hydrogens (tertiary/aromatic N) is 2. The van der Waals surface area contributed by atoms with E-state index < -0.39 is 0 Å². The van der Waals surface area contributed by atoms with E-state index >= 15 is 0 Å². The summed E-state index contributed by atoms with van der Waals surface area (Å²) in [5.41, 5.74) is 5.18. The number of hydrazine groups is 1. The van der Waals surface area contributed by atoms with Crippen LogP contribution in [0.1, 0.15) is 50.0 Å². The van der Waals surface area contributed by atoms with E-state index in [2.05, 4.69) is 23.5 Å². The molecule has 3 N–H and O–H groups in total. The molecule has 1 aromatic rings. The Kier molecular flexibility index (Phi) is 4.74. The summed E-state index contributed by atoms with van der Waals surface area (Å²) in [6.07, 6.45) is 5.79. The molecule has 2 atom stereocenters. The summed E-state index contributed by atoms with van der Waals surface area (Å²) < 4.78 is 7.58. The Morgan fingerprint density at radius 2 is 2.50 bits per heavy atom. The van der Waals surface area contributed by atoms with E-state index in [-0.39, 0.29) is 6.04 Å². The van der Waals surface area contributed by atoms with Gasteiger partial charge in [0.25, 0.3) is 0 Å². The fourth-order valence-corrected chi connectivity index (χ4v) is 2.58. The van der Waals surface area contributed by atoms with Crippen molar-refractivity contribution < 1.29 is 4.74 Å². The van der Waals surface area contributed by atoms with E-state index in [4.69, 9.17) is 10.6 Å². The van der Waals surface area contributed by atoms with Gasteiger partial charge in [-0.25, -0.2) is 0 Å². The van der Waals surface area contributed by atoms with Crippen molar-refractivity contribution in [1.29, 1.82) is 0 Å². The topological polar surface area (TPSA) is 65.1 Å². The monoisotopic (exact) mass is 252 g/mol. The molecular weight excluding hydrogens is 228 g/mol. The minimum absolute atomic E-state index is 0.159. The molecule has 0 aliphatic carbocycles. The van der Waals surface area contributed by atoms with Gasteiger partial charge in [0.2, 0.25) is 0 Å². The van der Waals surface area contributed by atoms with Gasteiger partial charge in [0.05, 0.1) is 23.5 Å². The first-order valence-corrected chi connectivity index (χ1v) is 6.85. The summed E-state index contributed by atoms with van der Waals surface area (Å²) in [7, 11) is 1.98. The SMILES string of the molecule is CCc1cc(C(CCC2CCCO2)NN)n(C)n1. The number of rotatable bonds is 6. The molecule has 0 aromatic carbocycles. The number of ether oxygens (including phenoxy) is 1. The van der Waals surface area contributed by atoms with Gasteiger partial charge in [-0.05, 0) is 38.2 Å². The van der Waals surface area contributed by atoms with Crippen molar-refractivity contribution >= 4 is 0 Å². The van der Waals surface area contributed by atoms with E-state index in [1.807, 2.05) is 11.7 Å². The molecule has 0 radical (unpaired) electrons. The van der Waals surface area contributed by atoms with Crippen molar-refractivity contribution in [3.63, 3.8) is 0 Å². The zero-order chi connectivity index (χ0) is 13.0. The lowest BCUT2D eigenvalue weighted by atomic mass is 10.0. The predicted molar refractivity (Wildman–Crippen MR) is 70.9 cm³/mol. The fourth-order valence-electron chi connectivity index (χ4n) is 2.58. The standard InChI is InChI=1S/C13H24N4O/c1-3-10-9-13(17(2)16-10)12(15-14)7-6-11-5-4-8-18-11/h9,11-12,15H,3-8,14H2,1-2H3. The first-order valence-electron chi connectivity index (χ1n) is 6.85. The second-order valence-electron chi connectivity index (χ2n) is 4.97. The molecule has 0 bridgehead atoms. The summed E-state index contributed by atoms with van der Waals surface area (Å²) in [4.78, 5) is 0. The van der Waals surface area contributed by atoms with Crippen molar-refractivity contribution in [2.75, 3.05) is 6.61 Å². The highest BCUT2D eigenvalue weighted by Gasteiger charge is 2.20. The molecule has 5 nitrogen and oxygen atoms in total. The van der Waals surface area contributed by atoms with Gasteiger partial charge in [0.15, 0.2) is 0 Å². The molecule has 1 saturated heterocycles. The van der Waals surface area contributed by atoms with Crippen molar-refractivity contribution in [2.45, 2.75) is 51.2 Å². The smallest absolute Gasteiger partial charge is 0.0630 e. The van der Waals surface area contributed by atoms with Crippen LogP contribution in [0.2, 0.25) is 0 Å². The minimum Gasteiger partial charge on any atom is -0.378 e. The number of aryl methyl sites for hydroxylation is 2. The Balaban J connectivity index is 1.95. The Hall–Kier alpha value is -0.910. The van der Waals surface area contributed by atoms with Crippen LogP contribution in [-0.4, -0.2) is 22.5 Å². The first kappa shape index (κ1) is 13.5. The summed E-state index contributed by atoms with van der Waals surface area (Å²) in [6.45, 7) is 3.03. The van der Waals surface area contributed by atoms with Crippen molar-refractivity contribution in [3.8, 4) is 0 Å². The van der Waals surface area contributed by atoms with E-state index in [0.717, 1.165) is 37.3 Å². The molecule has 2 unspecified atom stereocenters. The quantitative estimate of drug-likeness (QED) is 0.594. The Labute approximate surface area is 109 Å². The summed E-state index contributed by atoms with van der Waals surface area (Å²) in [5, 5.41) is 4.47. The lowest BCUT2D eigenvalue weighted by molar-refractivity contribution is 0.0993. The third-order valence-corrected chi connectivity index (χ3v) is 3.69. The Bertz CT molecular complexity index is 371. The van der Waals surface area contributed by atoms with Crippen LogP contribution in [0.5, 0.6) is 0 Å². The van der Waals surface area contributed by atoms with Crippen LogP contribution < -0.4 is 11.3 Å². The van der Waals surface area contributed by atoms with Crippen molar-refractivity contribution in [2.24, 2.45) is 12.9 Å². The van der Waals surface area contributed by atoms with E-state index in [0.29, 0.717) is 6.10 Å². The van der Waals surface area contributed by atoms with Gasteiger partial charge in [-0.2, -0.15) is 5.10 Å². The molecule has 0 amide bonds. The van der Waals surface area contributed by atoms with Gasteiger partial charge in [-0.1, -0.05) is 6.92 Å². The van der Waals surface area contributed by atoms with Crippen LogP contribution in [0.25, 0.3) is 0 Å². The van der Waals surface area contributed by atoms with Gasteiger partial charge >= 0.3 is 0 Å². The maximum Gasteiger partial charge on any atom is 0.0630 e. The van der Waals surface area contributed by atoms with Crippen LogP contribution in [0.15, 0.2) is 6.07 Å². The molecule has 1 aliphatic heterocycles. The van der Waals surface area contributed by atoms with Crippen LogP contribution in [0.4, 0.5) is 0 Å². The lowest BCUT2D eigenvalue weighted by Crippen LogP contribution is -2.30. The molecular formula is C13H24N4O. The molecule has 18 heavy (non-hydrogen) atoms. The van der Waals surface area contributed by atoms with Crippen LogP contribution >= 0.6 is 0 Å². The Morgan fingerprint density at radius 1 is 1.67 bits per heavy atom. The average Bonchev–Trinajstić information content (AvgIpc) is 3.00. The summed E-state index contributed by atoms with van der Waals surface area (Å²) in [6, 6.07) is 2.30. The Morgan fingerprint density at radius 3 is 3.06 bits per heavy atom. The van der Waals surface area contributed by atoms with E-state index in [1.165, 1.54) is 12.8 Å². The molecule has 0 spiro atoms. The number of aromatic nitrogens is 2. The second-order valence-corrected chi connectivity index (χ2v) is 4.97. The van der Waals surface area contributed by atoms with Gasteiger partial charge in [0, 0.05) is 13.7 Å². The second kappa shape index (κ2) is 6.31. The van der Waals surface area contributed by atoms with Crippen molar-refractivity contribution in [3.05, 3.63) is 17.5 Å². The van der Waals surface area contributed by atoms with Gasteiger partial charge < -0.3 is 4.74 Å². The van der Waals surface area contributed by atoms with Crippen molar-refractivity contribution in [1.82, 2.24) is 15.2 Å². The molecule has 2 rings (SSSR count). The number of nitrogens with one attached hydrogen (secondary N) is 1. The molecule has 1 fully saturated rings. The highest BCUT2D eigenvalue weighted by Crippen LogP contribution is 2.23. The van der Waals surface area contributed by atoms with E-state index in [9.17, 15) is 0 Å². The molecule has 0 saturated carbocycles. The van der Waals surface area contributed by atoms with Crippen LogP contribution in [0.3, 0.4) is 0 Å². The normalized spacial score (nSPS) is 21.4. The van der Waals surface area contributed by atoms with Crippen LogP contribution in [0, 0.1) is 0 Å². The summed E-state index contributed by atoms with van der Waals surface area (Å²) in [5.74, 6) is 5.68. The third-order valence-electron chi connectivity index (χ3n) is 3.69. The van der Waals surface area contributed by atoms with Crippen LogP contribution in [-0.2, 0) is 18.2 Å². The zero-order valence-corrected chi connectivity index (χ0v) is 11.4. The average molecular weight is 252 g/mol. The van der Waals surface area contributed by atoms with Gasteiger partial charge in [-0.3, -0.25) is 16.0 Å². The van der Waals surface area contributed by atoms with Gasteiger partial charge in [0.1, 0.15) is 0 Å². The highest BCUT2D eigenvalue weighted by atomic mass is 16.5. The predicted octanol–water partition coefficient (Wildman–Crippen LogP) is 1.45. The molecule has 1 aromatic heterocycles. The lowest BCUT2D eigenvalue weighted by Gasteiger charge is -2.18. The maximum absolute atomic E-state index is 5.68. The highest BCUT2D eigenvalue weighted by molar-refractivity contribution is 5.14. The fraction of sp³-hybridized carbons (Fsp3) is 0.769. The number of nitrogens with two attached hydrogens (primary N) is 1.